The van der Waals surface area contributed by atoms with Gasteiger partial charge in [-0.2, -0.15) is 0 Å². The highest BCUT2D eigenvalue weighted by Crippen LogP contribution is 2.00. The van der Waals surface area contributed by atoms with E-state index in [0.717, 1.165) is 52.2 Å². The second-order valence-electron chi connectivity index (χ2n) is 4.12. The summed E-state index contributed by atoms with van der Waals surface area (Å²) in [5.74, 6) is 0. The predicted octanol–water partition coefficient (Wildman–Crippen LogP) is 0.0692. The van der Waals surface area contributed by atoms with E-state index in [1.54, 1.807) is 0 Å². The third-order valence-electron chi connectivity index (χ3n) is 2.59. The molecule has 2 N–H and O–H groups in total. The van der Waals surface area contributed by atoms with E-state index in [0.29, 0.717) is 6.54 Å². The lowest BCUT2D eigenvalue weighted by molar-refractivity contribution is 0.102. The lowest BCUT2D eigenvalue weighted by Crippen LogP contribution is -2.39. The molecule has 0 radical (unpaired) electrons. The molecule has 1 aliphatic rings. The normalized spacial score (nSPS) is 21.2. The van der Waals surface area contributed by atoms with E-state index in [1.807, 2.05) is 0 Å². The minimum Gasteiger partial charge on any atom is -0.390 e. The predicted molar refractivity (Wildman–Crippen MR) is 61.0 cm³/mol. The minimum absolute atomic E-state index is 0.255. The molecule has 1 rings (SSSR count). The zero-order valence-electron chi connectivity index (χ0n) is 9.74. The summed E-state index contributed by atoms with van der Waals surface area (Å²) in [6.45, 7) is 8.24. The second kappa shape index (κ2) is 8.05. The van der Waals surface area contributed by atoms with Crippen LogP contribution in [0.3, 0.4) is 0 Å². The first-order valence-corrected chi connectivity index (χ1v) is 6.01. The summed E-state index contributed by atoms with van der Waals surface area (Å²) in [6.07, 6.45) is 1.94. The number of ether oxygens (including phenoxy) is 1. The standard InChI is InChI=1S/C11H24N2O2/c1-2-4-12-9-11(14)10-13-5-3-7-15-8-6-13/h11-12,14H,2-10H2,1H3. The van der Waals surface area contributed by atoms with Crippen LogP contribution in [0.5, 0.6) is 0 Å². The van der Waals surface area contributed by atoms with Crippen LogP contribution in [-0.4, -0.2) is 62.0 Å². The molecule has 1 aliphatic heterocycles. The van der Waals surface area contributed by atoms with Crippen molar-refractivity contribution >= 4 is 0 Å². The Hall–Kier alpha value is -0.160. The van der Waals surface area contributed by atoms with Crippen LogP contribution >= 0.6 is 0 Å². The Balaban J connectivity index is 2.09. The van der Waals surface area contributed by atoms with Crippen LogP contribution in [-0.2, 0) is 4.74 Å². The summed E-state index contributed by atoms with van der Waals surface area (Å²) < 4.78 is 5.37. The van der Waals surface area contributed by atoms with Crippen molar-refractivity contribution in [3.05, 3.63) is 0 Å². The summed E-state index contributed by atoms with van der Waals surface area (Å²) in [5, 5.41) is 13.0. The Bertz CT molecular complexity index is 148. The van der Waals surface area contributed by atoms with Gasteiger partial charge in [0.2, 0.25) is 0 Å². The Labute approximate surface area is 92.6 Å². The van der Waals surface area contributed by atoms with Crippen molar-refractivity contribution in [3.63, 3.8) is 0 Å². The van der Waals surface area contributed by atoms with Crippen LogP contribution < -0.4 is 5.32 Å². The summed E-state index contributed by atoms with van der Waals surface area (Å²) in [7, 11) is 0. The van der Waals surface area contributed by atoms with Crippen molar-refractivity contribution < 1.29 is 9.84 Å². The van der Waals surface area contributed by atoms with E-state index in [9.17, 15) is 5.11 Å². The molecule has 0 amide bonds. The molecule has 90 valence electrons. The van der Waals surface area contributed by atoms with Crippen molar-refractivity contribution in [2.75, 3.05) is 45.9 Å². The first-order valence-electron chi connectivity index (χ1n) is 6.01. The van der Waals surface area contributed by atoms with Crippen LogP contribution in [0.4, 0.5) is 0 Å². The van der Waals surface area contributed by atoms with E-state index >= 15 is 0 Å². The SMILES string of the molecule is CCCNCC(O)CN1CCCOCC1. The topological polar surface area (TPSA) is 44.7 Å². The molecular formula is C11H24N2O2. The lowest BCUT2D eigenvalue weighted by Gasteiger charge is -2.22. The highest BCUT2D eigenvalue weighted by Gasteiger charge is 2.13. The van der Waals surface area contributed by atoms with Crippen molar-refractivity contribution in [3.8, 4) is 0 Å². The quantitative estimate of drug-likeness (QED) is 0.617. The molecule has 15 heavy (non-hydrogen) atoms. The number of hydrogen-bond donors (Lipinski definition) is 2. The molecule has 0 saturated carbocycles. The second-order valence-corrected chi connectivity index (χ2v) is 4.12. The van der Waals surface area contributed by atoms with Gasteiger partial charge >= 0.3 is 0 Å². The molecule has 0 aromatic heterocycles. The largest absolute Gasteiger partial charge is 0.390 e. The highest BCUT2D eigenvalue weighted by atomic mass is 16.5. The molecular weight excluding hydrogens is 192 g/mol. The summed E-state index contributed by atoms with van der Waals surface area (Å²) >= 11 is 0. The summed E-state index contributed by atoms with van der Waals surface area (Å²) in [4.78, 5) is 2.28. The molecule has 1 heterocycles. The maximum atomic E-state index is 9.77. The first kappa shape index (κ1) is 12.9. The molecule has 4 heteroatoms. The van der Waals surface area contributed by atoms with Crippen molar-refractivity contribution in [1.82, 2.24) is 10.2 Å². The molecule has 1 fully saturated rings. The van der Waals surface area contributed by atoms with Gasteiger partial charge in [0.05, 0.1) is 12.7 Å². The number of aliphatic hydroxyl groups excluding tert-OH is 1. The number of nitrogens with zero attached hydrogens (tertiary/aromatic N) is 1. The third-order valence-corrected chi connectivity index (χ3v) is 2.59. The molecule has 1 saturated heterocycles. The average Bonchev–Trinajstić information content (AvgIpc) is 2.47. The van der Waals surface area contributed by atoms with Gasteiger partial charge < -0.3 is 15.2 Å². The van der Waals surface area contributed by atoms with Crippen LogP contribution in [0.15, 0.2) is 0 Å². The Kier molecular flexibility index (Phi) is 6.92. The zero-order valence-corrected chi connectivity index (χ0v) is 9.74. The minimum atomic E-state index is -0.255. The van der Waals surface area contributed by atoms with Gasteiger partial charge in [0.15, 0.2) is 0 Å². The van der Waals surface area contributed by atoms with Crippen molar-refractivity contribution in [2.24, 2.45) is 0 Å². The highest BCUT2D eigenvalue weighted by molar-refractivity contribution is 4.68. The molecule has 4 nitrogen and oxygen atoms in total. The van der Waals surface area contributed by atoms with Gasteiger partial charge in [-0.25, -0.2) is 0 Å². The fourth-order valence-electron chi connectivity index (χ4n) is 1.79. The van der Waals surface area contributed by atoms with Crippen molar-refractivity contribution in [2.45, 2.75) is 25.9 Å². The molecule has 0 aliphatic carbocycles. The van der Waals surface area contributed by atoms with Gasteiger partial charge in [-0.15, -0.1) is 0 Å². The smallest absolute Gasteiger partial charge is 0.0791 e. The van der Waals surface area contributed by atoms with Crippen LogP contribution in [0.1, 0.15) is 19.8 Å². The van der Waals surface area contributed by atoms with E-state index in [1.165, 1.54) is 0 Å². The van der Waals surface area contributed by atoms with Crippen LogP contribution in [0, 0.1) is 0 Å². The number of aliphatic hydroxyl groups is 1. The fourth-order valence-corrected chi connectivity index (χ4v) is 1.79. The number of nitrogens with one attached hydrogen (secondary N) is 1. The van der Waals surface area contributed by atoms with Gasteiger partial charge in [-0.3, -0.25) is 4.90 Å². The van der Waals surface area contributed by atoms with Gasteiger partial charge in [-0.05, 0) is 19.4 Å². The molecule has 0 spiro atoms. The van der Waals surface area contributed by atoms with E-state index < -0.39 is 0 Å². The Morgan fingerprint density at radius 1 is 1.40 bits per heavy atom. The van der Waals surface area contributed by atoms with Crippen LogP contribution in [0.2, 0.25) is 0 Å². The number of rotatable bonds is 6. The third kappa shape index (κ3) is 6.10. The molecule has 1 atom stereocenters. The first-order chi connectivity index (χ1) is 7.33. The molecule has 0 aromatic carbocycles. The Morgan fingerprint density at radius 2 is 2.27 bits per heavy atom. The Morgan fingerprint density at radius 3 is 3.07 bits per heavy atom. The van der Waals surface area contributed by atoms with Gasteiger partial charge in [0.25, 0.3) is 0 Å². The van der Waals surface area contributed by atoms with Crippen LogP contribution in [0.25, 0.3) is 0 Å². The van der Waals surface area contributed by atoms with Gasteiger partial charge in [-0.1, -0.05) is 6.92 Å². The van der Waals surface area contributed by atoms with Gasteiger partial charge in [0, 0.05) is 32.8 Å². The summed E-state index contributed by atoms with van der Waals surface area (Å²) in [5.41, 5.74) is 0. The lowest BCUT2D eigenvalue weighted by atomic mass is 10.3. The van der Waals surface area contributed by atoms with Crippen molar-refractivity contribution in [1.29, 1.82) is 0 Å². The molecule has 1 unspecified atom stereocenters. The van der Waals surface area contributed by atoms with E-state index in [4.69, 9.17) is 4.74 Å². The monoisotopic (exact) mass is 216 g/mol. The maximum Gasteiger partial charge on any atom is 0.0791 e. The fraction of sp³-hybridized carbons (Fsp3) is 1.00. The van der Waals surface area contributed by atoms with E-state index in [2.05, 4.69) is 17.1 Å². The molecule has 0 bridgehead atoms. The van der Waals surface area contributed by atoms with Gasteiger partial charge in [0.1, 0.15) is 0 Å². The molecule has 0 aromatic rings. The van der Waals surface area contributed by atoms with E-state index in [-0.39, 0.29) is 6.10 Å². The maximum absolute atomic E-state index is 9.77. The zero-order chi connectivity index (χ0) is 10.9. The number of hydrogen-bond acceptors (Lipinski definition) is 4. The average molecular weight is 216 g/mol. The number of β-amino-alcohol motifs (C(OH)–C–C–N with tert-alkyl or cyclic N) is 1. The summed E-state index contributed by atoms with van der Waals surface area (Å²) in [6, 6.07) is 0.